The van der Waals surface area contributed by atoms with E-state index in [4.69, 9.17) is 0 Å². The van der Waals surface area contributed by atoms with Gasteiger partial charge in [0.2, 0.25) is 0 Å². The molecule has 0 saturated carbocycles. The summed E-state index contributed by atoms with van der Waals surface area (Å²) in [6.45, 7) is 1.20. The van der Waals surface area contributed by atoms with Crippen molar-refractivity contribution in [3.63, 3.8) is 0 Å². The number of thiophene rings is 6. The van der Waals surface area contributed by atoms with Crippen molar-refractivity contribution in [2.45, 2.75) is 12.8 Å². The van der Waals surface area contributed by atoms with Gasteiger partial charge in [-0.15, -0.1) is 68.0 Å². The maximum Gasteiger partial charge on any atom is 0.261 e. The first-order chi connectivity index (χ1) is 25.8. The largest absolute Gasteiger partial charge is 0.306 e. The number of hydrogen-bond acceptors (Lipinski definition) is 8. The van der Waals surface area contributed by atoms with E-state index in [0.717, 1.165) is 55.3 Å². The zero-order chi connectivity index (χ0) is 37.8. The molecule has 6 aromatic heterocycles. The van der Waals surface area contributed by atoms with Gasteiger partial charge in [0.1, 0.15) is 0 Å². The molecule has 0 aromatic carbocycles. The van der Waals surface area contributed by atoms with E-state index in [1.54, 1.807) is 68.0 Å². The Hall–Kier alpha value is -2.68. The number of fused-ring (bicyclic) bond motifs is 1. The Labute approximate surface area is 346 Å². The maximum absolute atomic E-state index is 14.9. The number of amides is 2. The number of nitrogens with zero attached hydrogens (tertiary/aromatic N) is 2. The van der Waals surface area contributed by atoms with Gasteiger partial charge in [-0.05, 0) is 133 Å². The quantitative estimate of drug-likeness (QED) is 0.109. The second-order valence-corrected chi connectivity index (χ2v) is 30.7. The molecule has 6 aromatic rings. The summed E-state index contributed by atoms with van der Waals surface area (Å²) >= 11 is 10.5. The molecule has 0 spiro atoms. The zero-order valence-corrected chi connectivity index (χ0v) is 37.8. The van der Waals surface area contributed by atoms with Crippen LogP contribution in [-0.4, -0.2) is 83.7 Å². The van der Waals surface area contributed by atoms with Crippen molar-refractivity contribution in [2.24, 2.45) is 0 Å². The van der Waals surface area contributed by atoms with E-state index < -0.39 is 20.1 Å². The molecule has 54 heavy (non-hydrogen) atoms. The average Bonchev–Trinajstić information content (AvgIpc) is 3.95. The molecule has 2 aliphatic rings. The first-order valence-electron chi connectivity index (χ1n) is 17.8. The van der Waals surface area contributed by atoms with Crippen molar-refractivity contribution >= 4 is 111 Å². The first-order valence-corrected chi connectivity index (χ1v) is 28.9. The van der Waals surface area contributed by atoms with Crippen molar-refractivity contribution in [3.8, 4) is 39.0 Å². The molecule has 0 aliphatic carbocycles. The van der Waals surface area contributed by atoms with Gasteiger partial charge in [-0.2, -0.15) is 0 Å². The summed E-state index contributed by atoms with van der Waals surface area (Å²) < 4.78 is 0. The normalized spacial score (nSPS) is 15.7. The van der Waals surface area contributed by atoms with E-state index in [1.165, 1.54) is 29.3 Å². The minimum Gasteiger partial charge on any atom is -0.306 e. The van der Waals surface area contributed by atoms with Gasteiger partial charge < -0.3 is 9.80 Å². The number of rotatable bonds is 14. The van der Waals surface area contributed by atoms with E-state index in [9.17, 15) is 9.59 Å². The lowest BCUT2D eigenvalue weighted by Crippen LogP contribution is -2.31. The third-order valence-electron chi connectivity index (χ3n) is 9.36. The van der Waals surface area contributed by atoms with Gasteiger partial charge in [0.25, 0.3) is 11.8 Å². The van der Waals surface area contributed by atoms with Crippen LogP contribution in [0.3, 0.4) is 0 Å². The fraction of sp³-hybridized carbons (Fsp3) is 0.286. The van der Waals surface area contributed by atoms with Crippen LogP contribution in [0, 0.1) is 0 Å². The lowest BCUT2D eigenvalue weighted by atomic mass is 10.1. The number of hydrogen-bond donors (Lipinski definition) is 0. The molecular formula is C42H44N2O2S8. The predicted octanol–water partition coefficient (Wildman–Crippen LogP) is 12.7. The molecule has 0 N–H and O–H groups in total. The summed E-state index contributed by atoms with van der Waals surface area (Å²) in [6.07, 6.45) is 15.8. The molecule has 0 fully saturated rings. The molecule has 12 heteroatoms. The van der Waals surface area contributed by atoms with Gasteiger partial charge in [-0.25, -0.2) is 20.1 Å². The lowest BCUT2D eigenvalue weighted by molar-refractivity contribution is -0.124. The summed E-state index contributed by atoms with van der Waals surface area (Å²) in [7, 11) is -1.49. The van der Waals surface area contributed by atoms with Crippen LogP contribution in [-0.2, 0) is 9.59 Å². The van der Waals surface area contributed by atoms with Crippen molar-refractivity contribution in [2.75, 3.05) is 62.1 Å². The van der Waals surface area contributed by atoms with Gasteiger partial charge >= 0.3 is 0 Å². The van der Waals surface area contributed by atoms with Crippen LogP contribution in [0.25, 0.3) is 50.4 Å². The monoisotopic (exact) mass is 864 g/mol. The molecule has 2 amide bonds. The Morgan fingerprint density at radius 3 is 1.07 bits per heavy atom. The smallest absolute Gasteiger partial charge is 0.261 e. The minimum atomic E-state index is -0.746. The molecule has 0 radical (unpaired) electrons. The zero-order valence-electron chi connectivity index (χ0n) is 31.3. The van der Waals surface area contributed by atoms with E-state index in [2.05, 4.69) is 121 Å². The number of carbonyl (C=O) groups excluding carboxylic acids is 2. The standard InChI is InChI=1S/C42H44N2O2S8/c1-53(2,3)25-9-21-43-39(35-19-17-33(51-35)31-15-13-29(49-31)27-11-7-23-47-27)37-38(41(43)45)40(44(42(37)46)22-10-26-54(4,5)6)36-20-18-34(52-36)32-16-14-30(50-32)28-12-8-24-48-28/h7-8,11-20,23-24H,9-10,21-22,25-26H2,1-6H3. The fourth-order valence-corrected chi connectivity index (χ4v) is 14.9. The Bertz CT molecular complexity index is 2200. The minimum absolute atomic E-state index is 0.0340. The van der Waals surface area contributed by atoms with E-state index >= 15 is 0 Å². The van der Waals surface area contributed by atoms with Gasteiger partial charge in [0, 0.05) is 52.1 Å². The summed E-state index contributed by atoms with van der Waals surface area (Å²) in [5.74, 6) is 2.07. The molecule has 8 rings (SSSR count). The van der Waals surface area contributed by atoms with Gasteiger partial charge in [0.05, 0.1) is 32.3 Å². The third-order valence-corrected chi connectivity index (χ3v) is 19.3. The van der Waals surface area contributed by atoms with Crippen LogP contribution in [0.15, 0.2) is 94.7 Å². The Morgan fingerprint density at radius 2 is 0.759 bits per heavy atom. The molecule has 0 atom stereocenters. The molecule has 4 nitrogen and oxygen atoms in total. The van der Waals surface area contributed by atoms with Gasteiger partial charge in [0.15, 0.2) is 0 Å². The molecule has 0 saturated heterocycles. The summed E-state index contributed by atoms with van der Waals surface area (Å²) in [5, 5.41) is 4.23. The first kappa shape index (κ1) is 38.2. The van der Waals surface area contributed by atoms with Crippen molar-refractivity contribution in [1.82, 2.24) is 9.80 Å². The Kier molecular flexibility index (Phi) is 10.9. The highest BCUT2D eigenvalue weighted by Gasteiger charge is 2.49. The summed E-state index contributed by atoms with van der Waals surface area (Å²) in [5.41, 5.74) is 2.77. The van der Waals surface area contributed by atoms with Crippen molar-refractivity contribution in [3.05, 3.63) is 104 Å². The van der Waals surface area contributed by atoms with Crippen LogP contribution < -0.4 is 0 Å². The van der Waals surface area contributed by atoms with Crippen molar-refractivity contribution in [1.29, 1.82) is 0 Å². The SMILES string of the molecule is CS(C)(C)CCCN1C(=O)C2=C(c3ccc(-c4ccc(-c5cccs5)s4)s3)N(CCCS(C)(C)C)C(=O)C2=C1c1ccc(-c2ccc(-c3cccs3)s2)s1. The molecule has 0 unspecified atom stereocenters. The molecule has 282 valence electrons. The van der Waals surface area contributed by atoms with E-state index in [-0.39, 0.29) is 11.8 Å². The van der Waals surface area contributed by atoms with Crippen LogP contribution in [0.1, 0.15) is 22.6 Å². The average molecular weight is 865 g/mol. The molecule has 0 bridgehead atoms. The van der Waals surface area contributed by atoms with Crippen LogP contribution in [0.5, 0.6) is 0 Å². The summed E-state index contributed by atoms with van der Waals surface area (Å²) in [6, 6.07) is 25.9. The Morgan fingerprint density at radius 1 is 0.444 bits per heavy atom. The van der Waals surface area contributed by atoms with Crippen LogP contribution in [0.2, 0.25) is 0 Å². The molecule has 8 heterocycles. The van der Waals surface area contributed by atoms with Crippen molar-refractivity contribution < 1.29 is 9.59 Å². The van der Waals surface area contributed by atoms with E-state index in [0.29, 0.717) is 24.2 Å². The van der Waals surface area contributed by atoms with Crippen LogP contribution >= 0.6 is 88.1 Å². The van der Waals surface area contributed by atoms with Crippen LogP contribution in [0.4, 0.5) is 0 Å². The maximum atomic E-state index is 14.9. The second kappa shape index (κ2) is 15.3. The number of carbonyl (C=O) groups is 2. The molecule has 2 aliphatic heterocycles. The second-order valence-electron chi connectivity index (χ2n) is 15.3. The lowest BCUT2D eigenvalue weighted by Gasteiger charge is -2.29. The van der Waals surface area contributed by atoms with E-state index in [1.807, 2.05) is 9.80 Å². The fourth-order valence-electron chi connectivity index (χ4n) is 6.88. The Balaban J connectivity index is 1.22. The highest BCUT2D eigenvalue weighted by molar-refractivity contribution is 8.32. The topological polar surface area (TPSA) is 40.6 Å². The van der Waals surface area contributed by atoms with Gasteiger partial charge in [-0.3, -0.25) is 9.59 Å². The highest BCUT2D eigenvalue weighted by atomic mass is 32.3. The predicted molar refractivity (Wildman–Crippen MR) is 249 cm³/mol. The highest BCUT2D eigenvalue weighted by Crippen LogP contribution is 2.51. The summed E-state index contributed by atoms with van der Waals surface area (Å²) in [4.78, 5) is 45.5. The molecular weight excluding hydrogens is 821 g/mol. The third kappa shape index (κ3) is 7.82. The van der Waals surface area contributed by atoms with Gasteiger partial charge in [-0.1, -0.05) is 12.1 Å².